The van der Waals surface area contributed by atoms with Crippen LogP contribution in [0.25, 0.3) is 0 Å². The smallest absolute Gasteiger partial charge is 0.191 e. The fraction of sp³-hybridized carbons (Fsp3) is 0.526. The molecule has 0 saturated carbocycles. The maximum absolute atomic E-state index is 11.3. The van der Waals surface area contributed by atoms with Crippen molar-refractivity contribution in [2.24, 2.45) is 4.99 Å². The van der Waals surface area contributed by atoms with Crippen molar-refractivity contribution < 1.29 is 8.42 Å². The van der Waals surface area contributed by atoms with E-state index in [2.05, 4.69) is 56.9 Å². The zero-order valence-corrected chi connectivity index (χ0v) is 16.7. The van der Waals surface area contributed by atoms with E-state index in [9.17, 15) is 8.42 Å². The summed E-state index contributed by atoms with van der Waals surface area (Å²) in [6.07, 6.45) is 6.18. The van der Waals surface area contributed by atoms with Crippen LogP contribution >= 0.6 is 0 Å². The van der Waals surface area contributed by atoms with Gasteiger partial charge < -0.3 is 15.5 Å². The van der Waals surface area contributed by atoms with Crippen LogP contribution in [-0.4, -0.2) is 52.1 Å². The quantitative estimate of drug-likeness (QED) is 0.411. The second-order valence-electron chi connectivity index (χ2n) is 6.71. The van der Waals surface area contributed by atoms with Crippen molar-refractivity contribution in [2.45, 2.75) is 32.9 Å². The van der Waals surface area contributed by atoms with Gasteiger partial charge in [0.2, 0.25) is 0 Å². The Hall–Kier alpha value is -2.02. The van der Waals surface area contributed by atoms with Crippen LogP contribution in [0.15, 0.2) is 41.4 Å². The third-order valence-electron chi connectivity index (χ3n) is 4.16. The lowest BCUT2D eigenvalue weighted by Crippen LogP contribution is -2.42. The molecule has 0 amide bonds. The fourth-order valence-electron chi connectivity index (χ4n) is 2.73. The molecule has 1 atom stereocenters. The van der Waals surface area contributed by atoms with Crippen molar-refractivity contribution in [1.82, 2.24) is 10.6 Å². The van der Waals surface area contributed by atoms with Gasteiger partial charge in [0.15, 0.2) is 5.96 Å². The van der Waals surface area contributed by atoms with E-state index in [1.807, 2.05) is 13.8 Å². The molecule has 2 N–H and O–H groups in total. The summed E-state index contributed by atoms with van der Waals surface area (Å²) in [7, 11) is -2.95. The molecule has 144 valence electrons. The molecule has 0 saturated heterocycles. The van der Waals surface area contributed by atoms with E-state index in [4.69, 9.17) is 0 Å². The molecule has 0 spiro atoms. The van der Waals surface area contributed by atoms with Crippen LogP contribution < -0.4 is 15.5 Å². The summed E-state index contributed by atoms with van der Waals surface area (Å²) in [4.78, 5) is 6.96. The Labute approximate surface area is 157 Å². The number of sulfone groups is 1. The van der Waals surface area contributed by atoms with Gasteiger partial charge in [-0.25, -0.2) is 13.4 Å². The first kappa shape index (κ1) is 20.3. The molecule has 26 heavy (non-hydrogen) atoms. The van der Waals surface area contributed by atoms with E-state index in [1.165, 1.54) is 11.9 Å². The molecule has 0 radical (unpaired) electrons. The molecule has 0 fully saturated rings. The predicted molar refractivity (Wildman–Crippen MR) is 110 cm³/mol. The molecule has 1 aliphatic rings. The maximum Gasteiger partial charge on any atom is 0.191 e. The van der Waals surface area contributed by atoms with Crippen LogP contribution in [0.5, 0.6) is 0 Å². The van der Waals surface area contributed by atoms with E-state index in [1.54, 1.807) is 0 Å². The number of aliphatic imine (C=N–C) groups is 1. The summed E-state index contributed by atoms with van der Waals surface area (Å²) in [5.74, 6) is 0.883. The zero-order chi connectivity index (χ0) is 19.0. The van der Waals surface area contributed by atoms with Gasteiger partial charge in [0.1, 0.15) is 9.84 Å². The highest BCUT2D eigenvalue weighted by atomic mass is 32.2. The Balaban J connectivity index is 1.96. The summed E-state index contributed by atoms with van der Waals surface area (Å²) in [6, 6.07) is 8.47. The van der Waals surface area contributed by atoms with Gasteiger partial charge in [-0.3, -0.25) is 0 Å². The molecule has 1 aromatic rings. The standard InChI is InChI=1S/C19H30N4O2S/c1-4-20-19(22-16(2)10-13-26(3,24)25)21-15-17-8-7-9-18(14-17)23-11-5-6-12-23/h5-9,14,16H,4,10-13,15H2,1-3H3,(H2,20,21,22). The van der Waals surface area contributed by atoms with Gasteiger partial charge in [-0.15, -0.1) is 0 Å². The van der Waals surface area contributed by atoms with Crippen LogP contribution in [0.2, 0.25) is 0 Å². The normalized spacial score (nSPS) is 16.0. The molecule has 2 rings (SSSR count). The zero-order valence-electron chi connectivity index (χ0n) is 15.9. The van der Waals surface area contributed by atoms with E-state index >= 15 is 0 Å². The number of hydrogen-bond donors (Lipinski definition) is 2. The Morgan fingerprint density at radius 1 is 1.31 bits per heavy atom. The molecule has 1 aromatic carbocycles. The van der Waals surface area contributed by atoms with Crippen molar-refractivity contribution in [1.29, 1.82) is 0 Å². The van der Waals surface area contributed by atoms with Crippen LogP contribution in [0.3, 0.4) is 0 Å². The van der Waals surface area contributed by atoms with E-state index < -0.39 is 9.84 Å². The van der Waals surface area contributed by atoms with Gasteiger partial charge >= 0.3 is 0 Å². The van der Waals surface area contributed by atoms with Gasteiger partial charge in [-0.2, -0.15) is 0 Å². The van der Waals surface area contributed by atoms with Crippen LogP contribution in [0.1, 0.15) is 25.8 Å². The van der Waals surface area contributed by atoms with Crippen molar-refractivity contribution in [3.63, 3.8) is 0 Å². The summed E-state index contributed by atoms with van der Waals surface area (Å²) < 4.78 is 22.6. The number of benzene rings is 1. The molecule has 1 aliphatic heterocycles. The Bertz CT molecular complexity index is 736. The van der Waals surface area contributed by atoms with Crippen molar-refractivity contribution >= 4 is 21.5 Å². The summed E-state index contributed by atoms with van der Waals surface area (Å²) in [5, 5.41) is 6.50. The van der Waals surface area contributed by atoms with Gasteiger partial charge in [0, 0.05) is 37.6 Å². The van der Waals surface area contributed by atoms with Crippen molar-refractivity contribution in [3.8, 4) is 0 Å². The van der Waals surface area contributed by atoms with E-state index in [0.29, 0.717) is 18.9 Å². The van der Waals surface area contributed by atoms with Crippen LogP contribution in [-0.2, 0) is 16.4 Å². The summed E-state index contributed by atoms with van der Waals surface area (Å²) in [6.45, 7) is 7.22. The Kier molecular flexibility index (Phi) is 7.50. The average Bonchev–Trinajstić information content (AvgIpc) is 3.12. The highest BCUT2D eigenvalue weighted by Gasteiger charge is 2.10. The molecular weight excluding hydrogens is 348 g/mol. The van der Waals surface area contributed by atoms with E-state index in [0.717, 1.165) is 25.2 Å². The Morgan fingerprint density at radius 3 is 2.69 bits per heavy atom. The minimum absolute atomic E-state index is 0.0320. The number of rotatable bonds is 8. The number of anilines is 1. The number of nitrogens with one attached hydrogen (secondary N) is 2. The lowest BCUT2D eigenvalue weighted by atomic mass is 10.2. The predicted octanol–water partition coefficient (Wildman–Crippen LogP) is 1.94. The lowest BCUT2D eigenvalue weighted by Gasteiger charge is -2.19. The topological polar surface area (TPSA) is 73.8 Å². The molecule has 0 bridgehead atoms. The van der Waals surface area contributed by atoms with Gasteiger partial charge in [0.05, 0.1) is 12.3 Å². The molecule has 1 unspecified atom stereocenters. The molecule has 1 heterocycles. The average molecular weight is 379 g/mol. The van der Waals surface area contributed by atoms with Gasteiger partial charge in [-0.05, 0) is 38.0 Å². The van der Waals surface area contributed by atoms with Crippen molar-refractivity contribution in [2.75, 3.05) is 36.5 Å². The molecule has 0 aliphatic carbocycles. The second kappa shape index (κ2) is 9.62. The maximum atomic E-state index is 11.3. The number of nitrogens with zero attached hydrogens (tertiary/aromatic N) is 2. The van der Waals surface area contributed by atoms with Crippen LogP contribution in [0.4, 0.5) is 5.69 Å². The fourth-order valence-corrected chi connectivity index (χ4v) is 3.51. The molecule has 6 nitrogen and oxygen atoms in total. The van der Waals surface area contributed by atoms with E-state index in [-0.39, 0.29) is 11.8 Å². The molecule has 0 aromatic heterocycles. The SMILES string of the molecule is CCNC(=NCc1cccc(N2CC=CC2)c1)NC(C)CCS(C)(=O)=O. The highest BCUT2D eigenvalue weighted by Crippen LogP contribution is 2.18. The first-order valence-corrected chi connectivity index (χ1v) is 11.1. The number of guanidine groups is 1. The lowest BCUT2D eigenvalue weighted by molar-refractivity contribution is 0.581. The van der Waals surface area contributed by atoms with Gasteiger partial charge in [-0.1, -0.05) is 24.3 Å². The largest absolute Gasteiger partial charge is 0.364 e. The first-order chi connectivity index (χ1) is 12.4. The first-order valence-electron chi connectivity index (χ1n) is 9.09. The van der Waals surface area contributed by atoms with Crippen molar-refractivity contribution in [3.05, 3.63) is 42.0 Å². The minimum atomic E-state index is -2.95. The highest BCUT2D eigenvalue weighted by molar-refractivity contribution is 7.90. The summed E-state index contributed by atoms with van der Waals surface area (Å²) >= 11 is 0. The summed E-state index contributed by atoms with van der Waals surface area (Å²) in [5.41, 5.74) is 2.36. The monoisotopic (exact) mass is 378 g/mol. The number of hydrogen-bond acceptors (Lipinski definition) is 4. The minimum Gasteiger partial charge on any atom is -0.364 e. The molecular formula is C19H30N4O2S. The second-order valence-corrected chi connectivity index (χ2v) is 8.97. The van der Waals surface area contributed by atoms with Crippen LogP contribution in [0, 0.1) is 0 Å². The third kappa shape index (κ3) is 7.07. The Morgan fingerprint density at radius 2 is 2.04 bits per heavy atom. The molecule has 7 heteroatoms. The third-order valence-corrected chi connectivity index (χ3v) is 5.14. The van der Waals surface area contributed by atoms with Gasteiger partial charge in [0.25, 0.3) is 0 Å².